The normalized spacial score (nSPS) is 21.9. The first kappa shape index (κ1) is 11.3. The highest BCUT2D eigenvalue weighted by atomic mass is 16.3. The third-order valence-corrected chi connectivity index (χ3v) is 3.21. The number of nitrogens with zero attached hydrogens (tertiary/aromatic N) is 3. The second-order valence-corrected chi connectivity index (χ2v) is 4.50. The number of aliphatic hydroxyl groups excluding tert-OH is 1. The minimum atomic E-state index is 0.313. The zero-order chi connectivity index (χ0) is 11.4. The molecule has 1 atom stereocenters. The van der Waals surface area contributed by atoms with Crippen LogP contribution < -0.4 is 4.90 Å². The molecule has 2 heterocycles. The first-order valence-electron chi connectivity index (χ1n) is 5.95. The molecule has 1 fully saturated rings. The molecule has 4 nitrogen and oxygen atoms in total. The van der Waals surface area contributed by atoms with Crippen molar-refractivity contribution in [2.45, 2.75) is 26.2 Å². The van der Waals surface area contributed by atoms with Gasteiger partial charge in [-0.2, -0.15) is 5.10 Å². The van der Waals surface area contributed by atoms with E-state index in [-0.39, 0.29) is 0 Å². The lowest BCUT2D eigenvalue weighted by atomic mass is 10.0. The maximum absolute atomic E-state index is 9.16. The highest BCUT2D eigenvalue weighted by molar-refractivity contribution is 5.37. The van der Waals surface area contributed by atoms with E-state index in [4.69, 9.17) is 5.11 Å². The summed E-state index contributed by atoms with van der Waals surface area (Å²) in [6, 6.07) is 4.03. The molecule has 0 saturated carbocycles. The fourth-order valence-electron chi connectivity index (χ4n) is 2.14. The van der Waals surface area contributed by atoms with Crippen LogP contribution in [0, 0.1) is 12.8 Å². The van der Waals surface area contributed by atoms with Gasteiger partial charge in [0.25, 0.3) is 0 Å². The lowest BCUT2D eigenvalue weighted by molar-refractivity contribution is 0.215. The lowest BCUT2D eigenvalue weighted by Gasteiger charge is -2.20. The van der Waals surface area contributed by atoms with Crippen LogP contribution in [0.3, 0.4) is 0 Å². The van der Waals surface area contributed by atoms with E-state index in [2.05, 4.69) is 15.1 Å². The summed E-state index contributed by atoms with van der Waals surface area (Å²) in [7, 11) is 0. The van der Waals surface area contributed by atoms with Crippen LogP contribution in [0.2, 0.25) is 0 Å². The van der Waals surface area contributed by atoms with Crippen molar-refractivity contribution < 1.29 is 5.11 Å². The third-order valence-electron chi connectivity index (χ3n) is 3.21. The van der Waals surface area contributed by atoms with Crippen LogP contribution in [0.25, 0.3) is 0 Å². The fraction of sp³-hybridized carbons (Fsp3) is 0.667. The minimum Gasteiger partial charge on any atom is -0.396 e. The summed E-state index contributed by atoms with van der Waals surface area (Å²) in [5.74, 6) is 1.42. The van der Waals surface area contributed by atoms with Gasteiger partial charge in [-0.05, 0) is 44.2 Å². The summed E-state index contributed by atoms with van der Waals surface area (Å²) < 4.78 is 0. The first-order chi connectivity index (χ1) is 7.79. The largest absolute Gasteiger partial charge is 0.396 e. The van der Waals surface area contributed by atoms with Crippen molar-refractivity contribution in [3.05, 3.63) is 17.8 Å². The van der Waals surface area contributed by atoms with Gasteiger partial charge in [-0.25, -0.2) is 0 Å². The summed E-state index contributed by atoms with van der Waals surface area (Å²) >= 11 is 0. The molecule has 0 spiro atoms. The second kappa shape index (κ2) is 5.25. The van der Waals surface area contributed by atoms with Crippen molar-refractivity contribution in [3.63, 3.8) is 0 Å². The zero-order valence-electron chi connectivity index (χ0n) is 9.76. The Morgan fingerprint density at radius 1 is 1.31 bits per heavy atom. The molecule has 0 radical (unpaired) electrons. The number of aromatic nitrogens is 2. The molecule has 1 unspecified atom stereocenters. The van der Waals surface area contributed by atoms with Crippen molar-refractivity contribution in [2.24, 2.45) is 5.92 Å². The molecule has 0 amide bonds. The standard InChI is InChI=1S/C12H19N3O/c1-10-4-5-12(14-13-10)15-7-2-3-11(9-16)6-8-15/h4-5,11,16H,2-3,6-9H2,1H3. The van der Waals surface area contributed by atoms with Crippen LogP contribution in [0.5, 0.6) is 0 Å². The predicted molar refractivity (Wildman–Crippen MR) is 63.4 cm³/mol. The predicted octanol–water partition coefficient (Wildman–Crippen LogP) is 1.38. The van der Waals surface area contributed by atoms with E-state index >= 15 is 0 Å². The summed E-state index contributed by atoms with van der Waals surface area (Å²) in [6.07, 6.45) is 3.29. The Kier molecular flexibility index (Phi) is 3.72. The lowest BCUT2D eigenvalue weighted by Crippen LogP contribution is -2.25. The van der Waals surface area contributed by atoms with Gasteiger partial charge < -0.3 is 10.0 Å². The first-order valence-corrected chi connectivity index (χ1v) is 5.95. The highest BCUT2D eigenvalue weighted by Gasteiger charge is 2.17. The Hall–Kier alpha value is -1.16. The van der Waals surface area contributed by atoms with E-state index in [1.54, 1.807) is 0 Å². The number of hydrogen-bond acceptors (Lipinski definition) is 4. The average Bonchev–Trinajstić information content (AvgIpc) is 2.55. The minimum absolute atomic E-state index is 0.313. The SMILES string of the molecule is Cc1ccc(N2CCCC(CO)CC2)nn1. The monoisotopic (exact) mass is 221 g/mol. The summed E-state index contributed by atoms with van der Waals surface area (Å²) in [6.45, 7) is 4.26. The van der Waals surface area contributed by atoms with Crippen LogP contribution >= 0.6 is 0 Å². The van der Waals surface area contributed by atoms with Gasteiger partial charge in [0, 0.05) is 19.7 Å². The van der Waals surface area contributed by atoms with Crippen LogP contribution in [-0.4, -0.2) is 35.0 Å². The quantitative estimate of drug-likeness (QED) is 0.819. The Bertz CT molecular complexity index is 326. The molecule has 2 rings (SSSR count). The number of aryl methyl sites for hydroxylation is 1. The maximum atomic E-state index is 9.16. The molecule has 1 aliphatic rings. The van der Waals surface area contributed by atoms with Crippen molar-refractivity contribution >= 4 is 5.82 Å². The van der Waals surface area contributed by atoms with E-state index in [0.29, 0.717) is 12.5 Å². The summed E-state index contributed by atoms with van der Waals surface area (Å²) in [4.78, 5) is 2.27. The van der Waals surface area contributed by atoms with Gasteiger partial charge >= 0.3 is 0 Å². The Morgan fingerprint density at radius 3 is 2.88 bits per heavy atom. The molecule has 1 aromatic rings. The number of aliphatic hydroxyl groups is 1. The van der Waals surface area contributed by atoms with Crippen LogP contribution in [0.1, 0.15) is 25.0 Å². The van der Waals surface area contributed by atoms with Crippen LogP contribution in [0.4, 0.5) is 5.82 Å². The molecule has 16 heavy (non-hydrogen) atoms. The van der Waals surface area contributed by atoms with Crippen LogP contribution in [-0.2, 0) is 0 Å². The Labute approximate surface area is 96.3 Å². The van der Waals surface area contributed by atoms with Gasteiger partial charge in [0.05, 0.1) is 5.69 Å². The average molecular weight is 221 g/mol. The Morgan fingerprint density at radius 2 is 2.19 bits per heavy atom. The second-order valence-electron chi connectivity index (χ2n) is 4.50. The molecular weight excluding hydrogens is 202 g/mol. The molecule has 0 bridgehead atoms. The molecule has 4 heteroatoms. The van der Waals surface area contributed by atoms with Gasteiger partial charge in [-0.15, -0.1) is 5.10 Å². The molecule has 1 aliphatic heterocycles. The number of rotatable bonds is 2. The molecule has 1 aromatic heterocycles. The van der Waals surface area contributed by atoms with Gasteiger partial charge in [0.15, 0.2) is 5.82 Å². The molecule has 0 aromatic carbocycles. The maximum Gasteiger partial charge on any atom is 0.151 e. The van der Waals surface area contributed by atoms with E-state index in [1.807, 2.05) is 19.1 Å². The van der Waals surface area contributed by atoms with E-state index in [1.165, 1.54) is 0 Å². The molecule has 1 saturated heterocycles. The van der Waals surface area contributed by atoms with Gasteiger partial charge in [-0.3, -0.25) is 0 Å². The van der Waals surface area contributed by atoms with Crippen molar-refractivity contribution in [2.75, 3.05) is 24.6 Å². The van der Waals surface area contributed by atoms with Crippen LogP contribution in [0.15, 0.2) is 12.1 Å². The Balaban J connectivity index is 2.02. The van der Waals surface area contributed by atoms with Crippen molar-refractivity contribution in [1.29, 1.82) is 0 Å². The van der Waals surface area contributed by atoms with Gasteiger partial charge in [0.1, 0.15) is 0 Å². The molecule has 88 valence electrons. The molecular formula is C12H19N3O. The van der Waals surface area contributed by atoms with E-state index in [0.717, 1.165) is 43.9 Å². The molecule has 0 aliphatic carbocycles. The van der Waals surface area contributed by atoms with Crippen molar-refractivity contribution in [1.82, 2.24) is 10.2 Å². The van der Waals surface area contributed by atoms with Crippen molar-refractivity contribution in [3.8, 4) is 0 Å². The highest BCUT2D eigenvalue weighted by Crippen LogP contribution is 2.20. The zero-order valence-corrected chi connectivity index (χ0v) is 9.76. The third kappa shape index (κ3) is 2.70. The topological polar surface area (TPSA) is 49.2 Å². The van der Waals surface area contributed by atoms with E-state index in [9.17, 15) is 0 Å². The van der Waals surface area contributed by atoms with Gasteiger partial charge in [-0.1, -0.05) is 0 Å². The van der Waals surface area contributed by atoms with E-state index < -0.39 is 0 Å². The smallest absolute Gasteiger partial charge is 0.151 e. The number of anilines is 1. The number of hydrogen-bond donors (Lipinski definition) is 1. The summed E-state index contributed by atoms with van der Waals surface area (Å²) in [5, 5.41) is 17.5. The van der Waals surface area contributed by atoms with Gasteiger partial charge in [0.2, 0.25) is 0 Å². The summed E-state index contributed by atoms with van der Waals surface area (Å²) in [5.41, 5.74) is 0.951. The fourth-order valence-corrected chi connectivity index (χ4v) is 2.14. The molecule has 1 N–H and O–H groups in total.